The van der Waals surface area contributed by atoms with Gasteiger partial charge in [-0.1, -0.05) is 25.1 Å². The number of rotatable bonds is 10. The molecule has 0 saturated heterocycles. The van der Waals surface area contributed by atoms with Gasteiger partial charge in [0.15, 0.2) is 5.96 Å². The first-order valence-electron chi connectivity index (χ1n) is 9.99. The van der Waals surface area contributed by atoms with E-state index < -0.39 is 0 Å². The maximum Gasteiger partial charge on any atom is 0.221 e. The maximum absolute atomic E-state index is 11.8. The molecule has 0 aliphatic rings. The molecule has 1 amide bonds. The highest BCUT2D eigenvalue weighted by atomic mass is 16.1. The van der Waals surface area contributed by atoms with Crippen molar-refractivity contribution in [2.45, 2.75) is 52.6 Å². The van der Waals surface area contributed by atoms with Crippen LogP contribution in [-0.4, -0.2) is 42.1 Å². The lowest BCUT2D eigenvalue weighted by Gasteiger charge is -2.13. The van der Waals surface area contributed by atoms with E-state index in [9.17, 15) is 4.79 Å². The Morgan fingerprint density at radius 2 is 2.00 bits per heavy atom. The van der Waals surface area contributed by atoms with Gasteiger partial charge in [-0.3, -0.25) is 9.79 Å². The smallest absolute Gasteiger partial charge is 0.221 e. The summed E-state index contributed by atoms with van der Waals surface area (Å²) < 4.78 is 2.27. The van der Waals surface area contributed by atoms with Crippen LogP contribution in [0.4, 0.5) is 0 Å². The summed E-state index contributed by atoms with van der Waals surface area (Å²) >= 11 is 0. The second-order valence-electron chi connectivity index (χ2n) is 6.74. The van der Waals surface area contributed by atoms with Gasteiger partial charge in [-0.25, -0.2) is 0 Å². The number of nitrogens with zero attached hydrogens (tertiary/aromatic N) is 2. The van der Waals surface area contributed by atoms with E-state index in [-0.39, 0.29) is 11.9 Å². The number of fused-ring (bicyclic) bond motifs is 1. The highest BCUT2D eigenvalue weighted by molar-refractivity contribution is 5.81. The lowest BCUT2D eigenvalue weighted by atomic mass is 10.2. The Kier molecular flexibility index (Phi) is 8.68. The van der Waals surface area contributed by atoms with Crippen LogP contribution in [0, 0.1) is 0 Å². The van der Waals surface area contributed by atoms with Crippen molar-refractivity contribution in [1.29, 1.82) is 0 Å². The average Bonchev–Trinajstić information content (AvgIpc) is 3.08. The zero-order chi connectivity index (χ0) is 19.5. The molecule has 1 atom stereocenters. The Morgan fingerprint density at radius 3 is 2.78 bits per heavy atom. The third-order valence-electron chi connectivity index (χ3n) is 4.52. The summed E-state index contributed by atoms with van der Waals surface area (Å²) in [6.07, 6.45) is 4.49. The van der Waals surface area contributed by atoms with Crippen molar-refractivity contribution in [2.24, 2.45) is 4.99 Å². The summed E-state index contributed by atoms with van der Waals surface area (Å²) in [4.78, 5) is 16.5. The number of para-hydroxylation sites is 1. The van der Waals surface area contributed by atoms with Gasteiger partial charge in [0.25, 0.3) is 0 Å². The number of guanidine groups is 1. The Hall–Kier alpha value is -2.50. The molecule has 6 nitrogen and oxygen atoms in total. The van der Waals surface area contributed by atoms with Crippen LogP contribution in [0.3, 0.4) is 0 Å². The monoisotopic (exact) mass is 371 g/mol. The van der Waals surface area contributed by atoms with Gasteiger partial charge in [0, 0.05) is 50.4 Å². The number of carbonyl (C=O) groups is 1. The summed E-state index contributed by atoms with van der Waals surface area (Å²) in [6.45, 7) is 9.18. The molecule has 0 radical (unpaired) electrons. The van der Waals surface area contributed by atoms with E-state index >= 15 is 0 Å². The van der Waals surface area contributed by atoms with E-state index in [0.717, 1.165) is 38.4 Å². The number of amides is 1. The lowest BCUT2D eigenvalue weighted by Crippen LogP contribution is -2.40. The van der Waals surface area contributed by atoms with Crippen LogP contribution < -0.4 is 16.0 Å². The standard InChI is InChI=1S/C21H33N5O/c1-4-17(3)25-20(27)11-14-24-21(22-5-2)23-13-8-15-26-16-12-18-9-6-7-10-19(18)26/h6-7,9-10,12,16-17H,4-5,8,11,13-15H2,1-3H3,(H,25,27)(H2,22,23,24). The first-order chi connectivity index (χ1) is 13.1. The number of aliphatic imine (C=N–C) groups is 1. The number of carbonyl (C=O) groups excluding carboxylic acids is 1. The fraction of sp³-hybridized carbons (Fsp3) is 0.524. The fourth-order valence-corrected chi connectivity index (χ4v) is 2.85. The Labute approximate surface area is 162 Å². The second kappa shape index (κ2) is 11.3. The van der Waals surface area contributed by atoms with Gasteiger partial charge < -0.3 is 20.5 Å². The molecule has 2 aromatic rings. The Bertz CT molecular complexity index is 737. The van der Waals surface area contributed by atoms with E-state index in [4.69, 9.17) is 0 Å². The van der Waals surface area contributed by atoms with Crippen LogP contribution in [0.15, 0.2) is 41.5 Å². The number of hydrogen-bond donors (Lipinski definition) is 3. The Morgan fingerprint density at radius 1 is 1.19 bits per heavy atom. The quantitative estimate of drug-likeness (QED) is 0.342. The van der Waals surface area contributed by atoms with Gasteiger partial charge in [-0.2, -0.15) is 0 Å². The summed E-state index contributed by atoms with van der Waals surface area (Å²) in [5.41, 5.74) is 1.26. The number of aryl methyl sites for hydroxylation is 1. The van der Waals surface area contributed by atoms with Gasteiger partial charge in [0.05, 0.1) is 0 Å². The molecule has 0 aliphatic carbocycles. The van der Waals surface area contributed by atoms with Crippen molar-refractivity contribution in [2.75, 3.05) is 19.6 Å². The summed E-state index contributed by atoms with van der Waals surface area (Å²) in [7, 11) is 0. The van der Waals surface area contributed by atoms with E-state index in [1.165, 1.54) is 10.9 Å². The van der Waals surface area contributed by atoms with Gasteiger partial charge >= 0.3 is 0 Å². The predicted octanol–water partition coefficient (Wildman–Crippen LogP) is 2.89. The average molecular weight is 372 g/mol. The zero-order valence-electron chi connectivity index (χ0n) is 16.8. The molecule has 3 N–H and O–H groups in total. The zero-order valence-corrected chi connectivity index (χ0v) is 16.8. The largest absolute Gasteiger partial charge is 0.357 e. The summed E-state index contributed by atoms with van der Waals surface area (Å²) in [6, 6.07) is 10.8. The van der Waals surface area contributed by atoms with Crippen molar-refractivity contribution < 1.29 is 4.79 Å². The van der Waals surface area contributed by atoms with Gasteiger partial charge in [-0.05, 0) is 44.2 Å². The molecular formula is C21H33N5O. The van der Waals surface area contributed by atoms with Crippen molar-refractivity contribution in [3.63, 3.8) is 0 Å². The van der Waals surface area contributed by atoms with Crippen LogP contribution in [0.5, 0.6) is 0 Å². The normalized spacial score (nSPS) is 12.8. The van der Waals surface area contributed by atoms with Crippen molar-refractivity contribution in [3.05, 3.63) is 36.5 Å². The van der Waals surface area contributed by atoms with E-state index in [2.05, 4.69) is 69.0 Å². The molecule has 1 heterocycles. The highest BCUT2D eigenvalue weighted by Gasteiger charge is 2.05. The topological polar surface area (TPSA) is 70.5 Å². The lowest BCUT2D eigenvalue weighted by molar-refractivity contribution is -0.121. The van der Waals surface area contributed by atoms with Gasteiger partial charge in [0.2, 0.25) is 5.91 Å². The molecule has 0 saturated carbocycles. The van der Waals surface area contributed by atoms with Crippen LogP contribution in [0.2, 0.25) is 0 Å². The number of hydrogen-bond acceptors (Lipinski definition) is 2. The minimum absolute atomic E-state index is 0.0761. The number of aromatic nitrogens is 1. The molecule has 2 rings (SSSR count). The van der Waals surface area contributed by atoms with Crippen LogP contribution in [0.1, 0.15) is 40.0 Å². The van der Waals surface area contributed by atoms with E-state index in [1.807, 2.05) is 13.8 Å². The highest BCUT2D eigenvalue weighted by Crippen LogP contribution is 2.15. The molecule has 0 fully saturated rings. The minimum atomic E-state index is 0.0761. The SMILES string of the molecule is CCNC(=NCCCn1ccc2ccccc21)NCCC(=O)NC(C)CC. The first-order valence-corrected chi connectivity index (χ1v) is 9.99. The summed E-state index contributed by atoms with van der Waals surface area (Å²) in [5.74, 6) is 0.846. The van der Waals surface area contributed by atoms with Crippen molar-refractivity contribution >= 4 is 22.8 Å². The number of nitrogens with one attached hydrogen (secondary N) is 3. The second-order valence-corrected chi connectivity index (χ2v) is 6.74. The maximum atomic E-state index is 11.8. The molecule has 1 aromatic carbocycles. The molecule has 27 heavy (non-hydrogen) atoms. The van der Waals surface area contributed by atoms with Gasteiger partial charge in [-0.15, -0.1) is 0 Å². The van der Waals surface area contributed by atoms with Crippen molar-refractivity contribution in [3.8, 4) is 0 Å². The number of benzene rings is 1. The predicted molar refractivity (Wildman–Crippen MR) is 113 cm³/mol. The molecule has 148 valence electrons. The van der Waals surface area contributed by atoms with Gasteiger partial charge in [0.1, 0.15) is 0 Å². The molecule has 6 heteroatoms. The molecule has 1 aromatic heterocycles. The van der Waals surface area contributed by atoms with E-state index in [1.54, 1.807) is 0 Å². The van der Waals surface area contributed by atoms with E-state index in [0.29, 0.717) is 13.0 Å². The fourth-order valence-electron chi connectivity index (χ4n) is 2.85. The minimum Gasteiger partial charge on any atom is -0.357 e. The first kappa shape index (κ1) is 20.8. The molecule has 0 bridgehead atoms. The van der Waals surface area contributed by atoms with Crippen molar-refractivity contribution in [1.82, 2.24) is 20.5 Å². The van der Waals surface area contributed by atoms with Crippen LogP contribution in [0.25, 0.3) is 10.9 Å². The summed E-state index contributed by atoms with van der Waals surface area (Å²) in [5, 5.41) is 10.7. The Balaban J connectivity index is 1.75. The van der Waals surface area contributed by atoms with Crippen LogP contribution in [-0.2, 0) is 11.3 Å². The third-order valence-corrected chi connectivity index (χ3v) is 4.52. The molecular weight excluding hydrogens is 338 g/mol. The molecule has 0 aliphatic heterocycles. The third kappa shape index (κ3) is 6.96. The van der Waals surface area contributed by atoms with Crippen LogP contribution >= 0.6 is 0 Å². The molecule has 1 unspecified atom stereocenters. The molecule has 0 spiro atoms.